The van der Waals surface area contributed by atoms with E-state index in [0.717, 1.165) is 6.07 Å². The van der Waals surface area contributed by atoms with Crippen LogP contribution in [0, 0.1) is 15.9 Å². The van der Waals surface area contributed by atoms with Crippen molar-refractivity contribution in [1.82, 2.24) is 0 Å². The second-order valence-corrected chi connectivity index (χ2v) is 4.83. The minimum atomic E-state index is -0.634. The Morgan fingerprint density at radius 1 is 1.29 bits per heavy atom. The van der Waals surface area contributed by atoms with E-state index in [4.69, 9.17) is 4.74 Å². The van der Waals surface area contributed by atoms with E-state index in [1.165, 1.54) is 37.5 Å². The molecule has 24 heavy (non-hydrogen) atoms. The second-order valence-electron chi connectivity index (χ2n) is 4.83. The molecule has 0 aliphatic rings. The maximum atomic E-state index is 13.6. The first-order valence-corrected chi connectivity index (χ1v) is 6.98. The van der Waals surface area contributed by atoms with Crippen molar-refractivity contribution >= 4 is 23.2 Å². The van der Waals surface area contributed by atoms with E-state index < -0.39 is 16.5 Å². The summed E-state index contributed by atoms with van der Waals surface area (Å²) in [4.78, 5) is 22.6. The Kier molecular flexibility index (Phi) is 5.26. The number of carbonyl (C=O) groups is 1. The topological polar surface area (TPSA) is 81.5 Å². The van der Waals surface area contributed by atoms with Crippen LogP contribution in [0.1, 0.15) is 15.9 Å². The molecule has 2 aromatic rings. The van der Waals surface area contributed by atoms with Crippen LogP contribution in [0.25, 0.3) is 6.08 Å². The van der Waals surface area contributed by atoms with E-state index >= 15 is 0 Å². The summed E-state index contributed by atoms with van der Waals surface area (Å²) in [5.74, 6) is -1.00. The summed E-state index contributed by atoms with van der Waals surface area (Å²) in [7, 11) is 2.92. The molecule has 7 heteroatoms. The lowest BCUT2D eigenvalue weighted by atomic mass is 10.1. The molecule has 0 aliphatic heterocycles. The van der Waals surface area contributed by atoms with Gasteiger partial charge in [-0.05, 0) is 35.9 Å². The predicted molar refractivity (Wildman–Crippen MR) is 89.0 cm³/mol. The lowest BCUT2D eigenvalue weighted by Crippen LogP contribution is -1.98. The third-order valence-electron chi connectivity index (χ3n) is 3.35. The summed E-state index contributed by atoms with van der Waals surface area (Å²) in [6, 6.07) is 8.43. The number of methoxy groups -OCH3 is 1. The summed E-state index contributed by atoms with van der Waals surface area (Å²) >= 11 is 0. The van der Waals surface area contributed by atoms with Crippen LogP contribution in [-0.4, -0.2) is 24.9 Å². The molecular weight excluding hydrogens is 315 g/mol. The number of hydrogen-bond donors (Lipinski definition) is 1. The number of halogens is 1. The van der Waals surface area contributed by atoms with Crippen molar-refractivity contribution in [2.24, 2.45) is 0 Å². The Hall–Kier alpha value is -3.22. The Morgan fingerprint density at radius 2 is 2.04 bits per heavy atom. The van der Waals surface area contributed by atoms with Gasteiger partial charge in [-0.2, -0.15) is 0 Å². The van der Waals surface area contributed by atoms with Crippen molar-refractivity contribution in [1.29, 1.82) is 0 Å². The average Bonchev–Trinajstić information content (AvgIpc) is 2.59. The first-order chi connectivity index (χ1) is 11.5. The number of carbonyl (C=O) groups excluding carboxylic acids is 1. The van der Waals surface area contributed by atoms with E-state index in [0.29, 0.717) is 11.3 Å². The zero-order valence-corrected chi connectivity index (χ0v) is 13.1. The second kappa shape index (κ2) is 7.36. The monoisotopic (exact) mass is 330 g/mol. The fraction of sp³-hybridized carbons (Fsp3) is 0.118. The minimum Gasteiger partial charge on any atom is -0.494 e. The Bertz CT molecular complexity index is 818. The summed E-state index contributed by atoms with van der Waals surface area (Å²) < 4.78 is 18.4. The fourth-order valence-corrected chi connectivity index (χ4v) is 2.10. The highest BCUT2D eigenvalue weighted by molar-refractivity contribution is 6.06. The van der Waals surface area contributed by atoms with Gasteiger partial charge < -0.3 is 10.1 Å². The smallest absolute Gasteiger partial charge is 0.292 e. The summed E-state index contributed by atoms with van der Waals surface area (Å²) in [6.07, 6.45) is 2.68. The van der Waals surface area contributed by atoms with Crippen molar-refractivity contribution in [3.05, 3.63) is 69.5 Å². The first-order valence-electron chi connectivity index (χ1n) is 6.98. The highest BCUT2D eigenvalue weighted by Gasteiger charge is 2.13. The van der Waals surface area contributed by atoms with Crippen molar-refractivity contribution < 1.29 is 18.8 Å². The van der Waals surface area contributed by atoms with Gasteiger partial charge in [-0.25, -0.2) is 4.39 Å². The number of anilines is 1. The normalized spacial score (nSPS) is 10.6. The van der Waals surface area contributed by atoms with Crippen LogP contribution in [-0.2, 0) is 0 Å². The van der Waals surface area contributed by atoms with Crippen LogP contribution in [0.15, 0.2) is 42.5 Å². The molecule has 124 valence electrons. The molecule has 0 spiro atoms. The molecule has 1 N–H and O–H groups in total. The highest BCUT2D eigenvalue weighted by Crippen LogP contribution is 2.25. The number of ether oxygens (including phenoxy) is 1. The van der Waals surface area contributed by atoms with E-state index in [-0.39, 0.29) is 17.0 Å². The molecule has 0 atom stereocenters. The minimum absolute atomic E-state index is 0.0498. The molecule has 0 saturated heterocycles. The number of ketones is 1. The number of nitrogens with one attached hydrogen (secondary N) is 1. The van der Waals surface area contributed by atoms with Crippen molar-refractivity contribution in [2.45, 2.75) is 0 Å². The van der Waals surface area contributed by atoms with Gasteiger partial charge in [0.15, 0.2) is 17.3 Å². The highest BCUT2D eigenvalue weighted by atomic mass is 19.1. The van der Waals surface area contributed by atoms with Gasteiger partial charge in [0.25, 0.3) is 5.69 Å². The third-order valence-corrected chi connectivity index (χ3v) is 3.35. The molecule has 0 amide bonds. The summed E-state index contributed by atoms with van der Waals surface area (Å²) in [5, 5.41) is 13.7. The van der Waals surface area contributed by atoms with Crippen LogP contribution < -0.4 is 10.1 Å². The van der Waals surface area contributed by atoms with Gasteiger partial charge in [0.05, 0.1) is 12.0 Å². The SMILES string of the molecule is CNc1ccc(C=CC(=O)c2ccc(OC)c(F)c2)cc1[N+](=O)[O-]. The molecular formula is C17H15FN2O4. The van der Waals surface area contributed by atoms with Gasteiger partial charge in [-0.3, -0.25) is 14.9 Å². The van der Waals surface area contributed by atoms with E-state index in [9.17, 15) is 19.3 Å². The first kappa shape index (κ1) is 17.1. The van der Waals surface area contributed by atoms with Crippen molar-refractivity contribution in [2.75, 3.05) is 19.5 Å². The molecule has 0 unspecified atom stereocenters. The predicted octanol–water partition coefficient (Wildman–Crippen LogP) is 3.68. The largest absolute Gasteiger partial charge is 0.494 e. The van der Waals surface area contributed by atoms with Gasteiger partial charge in [-0.15, -0.1) is 0 Å². The Balaban J connectivity index is 2.24. The molecule has 0 radical (unpaired) electrons. The molecule has 6 nitrogen and oxygen atoms in total. The van der Waals surface area contributed by atoms with E-state index in [1.807, 2.05) is 0 Å². The molecule has 0 heterocycles. The van der Waals surface area contributed by atoms with Crippen LogP contribution in [0.4, 0.5) is 15.8 Å². The Labute approximate surface area is 137 Å². The molecule has 2 rings (SSSR count). The average molecular weight is 330 g/mol. The van der Waals surface area contributed by atoms with Gasteiger partial charge >= 0.3 is 0 Å². The maximum absolute atomic E-state index is 13.6. The van der Waals surface area contributed by atoms with Crippen LogP contribution >= 0.6 is 0 Å². The Morgan fingerprint density at radius 3 is 2.62 bits per heavy atom. The van der Waals surface area contributed by atoms with Crippen LogP contribution in [0.3, 0.4) is 0 Å². The zero-order chi connectivity index (χ0) is 17.7. The number of nitrogens with zero attached hydrogens (tertiary/aromatic N) is 1. The van der Waals surface area contributed by atoms with E-state index in [1.54, 1.807) is 19.2 Å². The number of rotatable bonds is 6. The van der Waals surface area contributed by atoms with Crippen molar-refractivity contribution in [3.63, 3.8) is 0 Å². The number of allylic oxidation sites excluding steroid dienone is 1. The van der Waals surface area contributed by atoms with Crippen LogP contribution in [0.5, 0.6) is 5.75 Å². The molecule has 0 bridgehead atoms. The zero-order valence-electron chi connectivity index (χ0n) is 13.1. The molecule has 0 aromatic heterocycles. The standard InChI is InChI=1S/C17H15FN2O4/c1-19-14-6-3-11(9-15(14)20(22)23)4-7-16(21)12-5-8-17(24-2)13(18)10-12/h3-10,19H,1-2H3. The summed E-state index contributed by atoms with van der Waals surface area (Å²) in [6.45, 7) is 0. The number of nitro groups is 1. The van der Waals surface area contributed by atoms with Gasteiger partial charge in [0.1, 0.15) is 5.69 Å². The molecule has 0 saturated carbocycles. The lowest BCUT2D eigenvalue weighted by molar-refractivity contribution is -0.383. The third kappa shape index (κ3) is 3.75. The van der Waals surface area contributed by atoms with Gasteiger partial charge in [0, 0.05) is 18.7 Å². The number of nitro benzene ring substituents is 1. The maximum Gasteiger partial charge on any atom is 0.292 e. The quantitative estimate of drug-likeness (QED) is 0.378. The van der Waals surface area contributed by atoms with Crippen LogP contribution in [0.2, 0.25) is 0 Å². The fourth-order valence-electron chi connectivity index (χ4n) is 2.10. The van der Waals surface area contributed by atoms with Crippen molar-refractivity contribution in [3.8, 4) is 5.75 Å². The molecule has 2 aromatic carbocycles. The van der Waals surface area contributed by atoms with Gasteiger partial charge in [-0.1, -0.05) is 12.1 Å². The van der Waals surface area contributed by atoms with E-state index in [2.05, 4.69) is 5.32 Å². The number of benzene rings is 2. The number of hydrogen-bond acceptors (Lipinski definition) is 5. The summed E-state index contributed by atoms with van der Waals surface area (Å²) in [5.41, 5.74) is 0.928. The molecule has 0 aliphatic carbocycles. The van der Waals surface area contributed by atoms with Gasteiger partial charge in [0.2, 0.25) is 0 Å². The molecule has 0 fully saturated rings. The lowest BCUT2D eigenvalue weighted by Gasteiger charge is -2.03.